The molecular weight excluding hydrogens is 225 g/mol. The summed E-state index contributed by atoms with van der Waals surface area (Å²) in [5, 5.41) is 17.4. The van der Waals surface area contributed by atoms with E-state index in [0.717, 1.165) is 13.2 Å². The van der Waals surface area contributed by atoms with Gasteiger partial charge in [0.05, 0.1) is 12.1 Å². The summed E-state index contributed by atoms with van der Waals surface area (Å²) in [6, 6.07) is 2.26. The van der Waals surface area contributed by atoms with E-state index in [2.05, 4.69) is 4.74 Å². The molecule has 0 amide bonds. The number of rotatable bonds is 2. The first-order valence-corrected chi connectivity index (χ1v) is 4.29. The Bertz CT molecular complexity index is 396. The summed E-state index contributed by atoms with van der Waals surface area (Å²) >= 11 is 5.58. The van der Waals surface area contributed by atoms with Crippen LogP contribution in [-0.4, -0.2) is 30.2 Å². The van der Waals surface area contributed by atoms with Crippen LogP contribution in [0.4, 0.5) is 4.39 Å². The summed E-state index contributed by atoms with van der Waals surface area (Å²) in [5.74, 6) is -2.07. The molecule has 80 valence electrons. The highest BCUT2D eigenvalue weighted by atomic mass is 35.5. The number of ether oxygens (including phenoxy) is 1. The van der Waals surface area contributed by atoms with E-state index < -0.39 is 29.9 Å². The molecule has 1 aromatic carbocycles. The highest BCUT2D eigenvalue weighted by Crippen LogP contribution is 2.18. The third-order valence-corrected chi connectivity index (χ3v) is 2.10. The maximum Gasteiger partial charge on any atom is 0.491 e. The van der Waals surface area contributed by atoms with Gasteiger partial charge in [0.15, 0.2) is 0 Å². The minimum Gasteiger partial charge on any atom is -0.465 e. The van der Waals surface area contributed by atoms with Crippen LogP contribution in [0.15, 0.2) is 12.1 Å². The van der Waals surface area contributed by atoms with Crippen molar-refractivity contribution in [3.05, 3.63) is 28.5 Å². The molecule has 0 aliphatic carbocycles. The maximum atomic E-state index is 13.5. The van der Waals surface area contributed by atoms with Gasteiger partial charge in [-0.05, 0) is 6.07 Å². The van der Waals surface area contributed by atoms with Gasteiger partial charge in [-0.2, -0.15) is 0 Å². The molecule has 0 radical (unpaired) electrons. The number of methoxy groups -OCH3 is 1. The largest absolute Gasteiger partial charge is 0.491 e. The van der Waals surface area contributed by atoms with Crippen molar-refractivity contribution in [3.8, 4) is 0 Å². The van der Waals surface area contributed by atoms with E-state index in [-0.39, 0.29) is 5.02 Å². The number of benzene rings is 1. The fourth-order valence-electron chi connectivity index (χ4n) is 1.06. The lowest BCUT2D eigenvalue weighted by Gasteiger charge is -2.07. The van der Waals surface area contributed by atoms with Gasteiger partial charge >= 0.3 is 13.1 Å². The lowest BCUT2D eigenvalue weighted by atomic mass is 9.79. The Kier molecular flexibility index (Phi) is 3.68. The Morgan fingerprint density at radius 1 is 1.53 bits per heavy atom. The Hall–Kier alpha value is -1.11. The van der Waals surface area contributed by atoms with Gasteiger partial charge in [-0.3, -0.25) is 0 Å². The Labute approximate surface area is 90.4 Å². The second-order valence-electron chi connectivity index (χ2n) is 2.69. The fourth-order valence-corrected chi connectivity index (χ4v) is 1.28. The number of halogens is 2. The van der Waals surface area contributed by atoms with Crippen molar-refractivity contribution in [1.29, 1.82) is 0 Å². The molecule has 2 N–H and O–H groups in total. The molecular formula is C8H7BClFO4. The van der Waals surface area contributed by atoms with Crippen LogP contribution in [0.5, 0.6) is 0 Å². The number of hydrogen-bond donors (Lipinski definition) is 2. The molecule has 0 unspecified atom stereocenters. The zero-order valence-electron chi connectivity index (χ0n) is 7.70. The Balaban J connectivity index is 3.36. The summed E-state index contributed by atoms with van der Waals surface area (Å²) in [7, 11) is -0.939. The summed E-state index contributed by atoms with van der Waals surface area (Å²) < 4.78 is 17.8. The van der Waals surface area contributed by atoms with Gasteiger partial charge in [-0.15, -0.1) is 0 Å². The van der Waals surface area contributed by atoms with Crippen molar-refractivity contribution in [3.63, 3.8) is 0 Å². The number of esters is 1. The van der Waals surface area contributed by atoms with Crippen molar-refractivity contribution >= 4 is 30.2 Å². The quantitative estimate of drug-likeness (QED) is 0.554. The van der Waals surface area contributed by atoms with Crippen LogP contribution in [-0.2, 0) is 4.74 Å². The molecule has 0 fully saturated rings. The fraction of sp³-hybridized carbons (Fsp3) is 0.125. The summed E-state index contributed by atoms with van der Waals surface area (Å²) in [6.07, 6.45) is 0. The molecule has 1 aromatic rings. The topological polar surface area (TPSA) is 66.8 Å². The van der Waals surface area contributed by atoms with E-state index in [4.69, 9.17) is 21.6 Å². The number of hydrogen-bond acceptors (Lipinski definition) is 4. The maximum absolute atomic E-state index is 13.5. The molecule has 7 heteroatoms. The second kappa shape index (κ2) is 4.61. The zero-order valence-corrected chi connectivity index (χ0v) is 8.45. The second-order valence-corrected chi connectivity index (χ2v) is 3.10. The van der Waals surface area contributed by atoms with Gasteiger partial charge in [0.2, 0.25) is 0 Å². The van der Waals surface area contributed by atoms with Crippen LogP contribution in [0.1, 0.15) is 10.4 Å². The van der Waals surface area contributed by atoms with Crippen LogP contribution in [0.2, 0.25) is 5.02 Å². The molecule has 0 aromatic heterocycles. The zero-order chi connectivity index (χ0) is 11.6. The number of carbonyl (C=O) groups is 1. The van der Waals surface area contributed by atoms with Crippen molar-refractivity contribution in [2.45, 2.75) is 0 Å². The van der Waals surface area contributed by atoms with E-state index in [9.17, 15) is 9.18 Å². The van der Waals surface area contributed by atoms with Crippen LogP contribution in [0.3, 0.4) is 0 Å². The van der Waals surface area contributed by atoms with Gasteiger partial charge in [0, 0.05) is 5.46 Å². The van der Waals surface area contributed by atoms with Crippen molar-refractivity contribution < 1.29 is 24.0 Å². The normalized spacial score (nSPS) is 9.93. The molecule has 0 saturated heterocycles. The monoisotopic (exact) mass is 232 g/mol. The highest BCUT2D eigenvalue weighted by Gasteiger charge is 2.25. The third kappa shape index (κ3) is 2.28. The van der Waals surface area contributed by atoms with E-state index in [1.165, 1.54) is 6.07 Å². The minimum absolute atomic E-state index is 0.149. The lowest BCUT2D eigenvalue weighted by Crippen LogP contribution is -2.34. The standard InChI is InChI=1S/C8H7BClFO4/c1-15-8(12)6-5(10)3-2-4(7(6)11)9(13)14/h2-3,13-14H,1H3. The van der Waals surface area contributed by atoms with Gasteiger partial charge in [-0.1, -0.05) is 17.7 Å². The Morgan fingerprint density at radius 2 is 2.13 bits per heavy atom. The SMILES string of the molecule is COC(=O)c1c(Cl)ccc(B(O)O)c1F. The molecule has 1 rings (SSSR count). The summed E-state index contributed by atoms with van der Waals surface area (Å²) in [4.78, 5) is 11.1. The van der Waals surface area contributed by atoms with Crippen LogP contribution in [0, 0.1) is 5.82 Å². The van der Waals surface area contributed by atoms with E-state index in [1.54, 1.807) is 0 Å². The average Bonchev–Trinajstić information content (AvgIpc) is 2.16. The first-order chi connectivity index (χ1) is 6.99. The van der Waals surface area contributed by atoms with Crippen LogP contribution >= 0.6 is 11.6 Å². The van der Waals surface area contributed by atoms with Crippen molar-refractivity contribution in [2.75, 3.05) is 7.11 Å². The molecule has 0 heterocycles. The van der Waals surface area contributed by atoms with Gasteiger partial charge < -0.3 is 14.8 Å². The molecule has 15 heavy (non-hydrogen) atoms. The summed E-state index contributed by atoms with van der Waals surface area (Å²) in [5.41, 5.74) is -0.940. The van der Waals surface area contributed by atoms with Crippen molar-refractivity contribution in [1.82, 2.24) is 0 Å². The first-order valence-electron chi connectivity index (χ1n) is 3.91. The third-order valence-electron chi connectivity index (χ3n) is 1.79. The smallest absolute Gasteiger partial charge is 0.465 e. The van der Waals surface area contributed by atoms with Crippen LogP contribution in [0.25, 0.3) is 0 Å². The number of carbonyl (C=O) groups excluding carboxylic acids is 1. The van der Waals surface area contributed by atoms with Gasteiger partial charge in [0.25, 0.3) is 0 Å². The molecule has 0 bridgehead atoms. The molecule has 0 saturated carbocycles. The lowest BCUT2D eigenvalue weighted by molar-refractivity contribution is 0.0596. The molecule has 0 aliphatic rings. The molecule has 0 aliphatic heterocycles. The van der Waals surface area contributed by atoms with Gasteiger partial charge in [-0.25, -0.2) is 9.18 Å². The predicted molar refractivity (Wildman–Crippen MR) is 52.6 cm³/mol. The average molecular weight is 232 g/mol. The van der Waals surface area contributed by atoms with E-state index >= 15 is 0 Å². The molecule has 0 atom stereocenters. The minimum atomic E-state index is -2.01. The van der Waals surface area contributed by atoms with Crippen LogP contribution < -0.4 is 5.46 Å². The predicted octanol–water partition coefficient (Wildman–Crippen LogP) is -0.0545. The molecule has 0 spiro atoms. The van der Waals surface area contributed by atoms with E-state index in [0.29, 0.717) is 0 Å². The summed E-state index contributed by atoms with van der Waals surface area (Å²) in [6.45, 7) is 0. The van der Waals surface area contributed by atoms with Gasteiger partial charge in [0.1, 0.15) is 11.4 Å². The first kappa shape index (κ1) is 12.0. The highest BCUT2D eigenvalue weighted by molar-refractivity contribution is 6.59. The molecule has 4 nitrogen and oxygen atoms in total. The van der Waals surface area contributed by atoms with Crippen molar-refractivity contribution in [2.24, 2.45) is 0 Å². The van der Waals surface area contributed by atoms with E-state index in [1.807, 2.05) is 0 Å². The Morgan fingerprint density at radius 3 is 2.60 bits per heavy atom.